The number of carbonyl (C=O) groups is 1. The van der Waals surface area contributed by atoms with Crippen molar-refractivity contribution in [3.05, 3.63) is 23.3 Å². The van der Waals surface area contributed by atoms with Crippen LogP contribution in [0.2, 0.25) is 0 Å². The second-order valence-corrected chi connectivity index (χ2v) is 5.92. The number of carbonyl (C=O) groups excluding carboxylic acids is 1. The summed E-state index contributed by atoms with van der Waals surface area (Å²) < 4.78 is 0. The van der Waals surface area contributed by atoms with Crippen LogP contribution in [0, 0.1) is 13.8 Å². The third-order valence-electron chi connectivity index (χ3n) is 3.35. The highest BCUT2D eigenvalue weighted by Crippen LogP contribution is 2.39. The maximum atomic E-state index is 12.2. The Bertz CT molecular complexity index is 473. The summed E-state index contributed by atoms with van der Waals surface area (Å²) in [5.41, 5.74) is 3.60. The fraction of sp³-hybridized carbons (Fsp3) is 0.500. The SMILES string of the molecule is CNCC(=O)N1c2cc(C)c(C)cc2SCC1C. The molecule has 0 saturated carbocycles. The van der Waals surface area contributed by atoms with Gasteiger partial charge in [-0.3, -0.25) is 4.79 Å². The summed E-state index contributed by atoms with van der Waals surface area (Å²) in [6, 6.07) is 4.59. The van der Waals surface area contributed by atoms with Gasteiger partial charge in [-0.2, -0.15) is 0 Å². The molecule has 0 saturated heterocycles. The van der Waals surface area contributed by atoms with Gasteiger partial charge in [-0.05, 0) is 51.1 Å². The average molecular weight is 264 g/mol. The van der Waals surface area contributed by atoms with Crippen molar-refractivity contribution in [3.8, 4) is 0 Å². The van der Waals surface area contributed by atoms with Crippen LogP contribution >= 0.6 is 11.8 Å². The Labute approximate surface area is 113 Å². The molecular formula is C14H20N2OS. The van der Waals surface area contributed by atoms with Crippen molar-refractivity contribution in [2.24, 2.45) is 0 Å². The first kappa shape index (κ1) is 13.4. The second-order valence-electron chi connectivity index (χ2n) is 4.86. The number of hydrogen-bond acceptors (Lipinski definition) is 3. The van der Waals surface area contributed by atoms with E-state index in [4.69, 9.17) is 0 Å². The molecule has 18 heavy (non-hydrogen) atoms. The van der Waals surface area contributed by atoms with Gasteiger partial charge < -0.3 is 10.2 Å². The third kappa shape index (κ3) is 2.40. The van der Waals surface area contributed by atoms with Gasteiger partial charge in [0.15, 0.2) is 0 Å². The second kappa shape index (κ2) is 5.33. The molecule has 0 radical (unpaired) electrons. The number of hydrogen-bond donors (Lipinski definition) is 1. The van der Waals surface area contributed by atoms with Crippen molar-refractivity contribution < 1.29 is 4.79 Å². The molecule has 1 unspecified atom stereocenters. The van der Waals surface area contributed by atoms with Crippen LogP contribution in [0.15, 0.2) is 17.0 Å². The molecule has 0 aliphatic carbocycles. The standard InChI is InChI=1S/C14H20N2OS/c1-9-5-12-13(6-10(9)2)18-8-11(3)16(12)14(17)7-15-4/h5-6,11,15H,7-8H2,1-4H3. The Hall–Kier alpha value is -1.00. The van der Waals surface area contributed by atoms with Gasteiger partial charge in [0.1, 0.15) is 0 Å². The number of fused-ring (bicyclic) bond motifs is 1. The number of nitrogens with one attached hydrogen (secondary N) is 1. The lowest BCUT2D eigenvalue weighted by Crippen LogP contribution is -2.46. The molecule has 1 aliphatic rings. The van der Waals surface area contributed by atoms with Gasteiger partial charge in [0.25, 0.3) is 0 Å². The minimum atomic E-state index is 0.148. The summed E-state index contributed by atoms with van der Waals surface area (Å²) in [7, 11) is 1.81. The van der Waals surface area contributed by atoms with Crippen LogP contribution in [0.3, 0.4) is 0 Å². The highest BCUT2D eigenvalue weighted by Gasteiger charge is 2.28. The zero-order valence-corrected chi connectivity index (χ0v) is 12.2. The lowest BCUT2D eigenvalue weighted by Gasteiger charge is -2.35. The van der Waals surface area contributed by atoms with E-state index < -0.39 is 0 Å². The molecule has 1 heterocycles. The van der Waals surface area contributed by atoms with E-state index in [9.17, 15) is 4.79 Å². The van der Waals surface area contributed by atoms with Crippen LogP contribution in [0.25, 0.3) is 0 Å². The first-order valence-electron chi connectivity index (χ1n) is 6.25. The van der Waals surface area contributed by atoms with Crippen LogP contribution in [0.4, 0.5) is 5.69 Å². The van der Waals surface area contributed by atoms with E-state index in [1.54, 1.807) is 0 Å². The largest absolute Gasteiger partial charge is 0.311 e. The molecule has 1 N–H and O–H groups in total. The molecule has 1 aliphatic heterocycles. The maximum Gasteiger partial charge on any atom is 0.241 e. The van der Waals surface area contributed by atoms with Gasteiger partial charge in [-0.25, -0.2) is 0 Å². The van der Waals surface area contributed by atoms with Crippen LogP contribution in [-0.2, 0) is 4.79 Å². The molecule has 98 valence electrons. The molecule has 1 amide bonds. The van der Waals surface area contributed by atoms with E-state index in [2.05, 4.69) is 38.2 Å². The van der Waals surface area contributed by atoms with E-state index in [0.717, 1.165) is 11.4 Å². The van der Waals surface area contributed by atoms with Gasteiger partial charge in [0.2, 0.25) is 5.91 Å². The van der Waals surface area contributed by atoms with Crippen molar-refractivity contribution in [1.82, 2.24) is 5.32 Å². The number of nitrogens with zero attached hydrogens (tertiary/aromatic N) is 1. The first-order valence-corrected chi connectivity index (χ1v) is 7.24. The molecule has 0 aromatic heterocycles. The average Bonchev–Trinajstić information content (AvgIpc) is 2.31. The number of anilines is 1. The normalized spacial score (nSPS) is 18.7. The molecule has 1 aromatic carbocycles. The zero-order valence-electron chi connectivity index (χ0n) is 11.4. The van der Waals surface area contributed by atoms with Crippen molar-refractivity contribution in [2.75, 3.05) is 24.2 Å². The van der Waals surface area contributed by atoms with Gasteiger partial charge in [0, 0.05) is 16.7 Å². The number of aryl methyl sites for hydroxylation is 2. The maximum absolute atomic E-state index is 12.2. The number of rotatable bonds is 2. The molecule has 0 bridgehead atoms. The quantitative estimate of drug-likeness (QED) is 0.890. The number of amides is 1. The van der Waals surface area contributed by atoms with Crippen molar-refractivity contribution in [3.63, 3.8) is 0 Å². The fourth-order valence-corrected chi connectivity index (χ4v) is 3.35. The molecule has 1 aromatic rings. The summed E-state index contributed by atoms with van der Waals surface area (Å²) >= 11 is 1.84. The summed E-state index contributed by atoms with van der Waals surface area (Å²) in [5, 5.41) is 2.94. The Balaban J connectivity index is 2.43. The van der Waals surface area contributed by atoms with E-state index in [1.165, 1.54) is 16.0 Å². The number of benzene rings is 1. The predicted octanol–water partition coefficient (Wildman–Crippen LogP) is 2.35. The third-order valence-corrected chi connectivity index (χ3v) is 4.64. The molecular weight excluding hydrogens is 244 g/mol. The number of thioether (sulfide) groups is 1. The van der Waals surface area contributed by atoms with Gasteiger partial charge in [0.05, 0.1) is 12.2 Å². The summed E-state index contributed by atoms with van der Waals surface area (Å²) in [6.07, 6.45) is 0. The van der Waals surface area contributed by atoms with Gasteiger partial charge >= 0.3 is 0 Å². The molecule has 2 rings (SSSR count). The smallest absolute Gasteiger partial charge is 0.241 e. The van der Waals surface area contributed by atoms with Gasteiger partial charge in [-0.15, -0.1) is 11.8 Å². The van der Waals surface area contributed by atoms with Crippen molar-refractivity contribution in [1.29, 1.82) is 0 Å². The zero-order chi connectivity index (χ0) is 13.3. The number of likely N-dealkylation sites (N-methyl/N-ethyl adjacent to an activating group) is 1. The first-order chi connectivity index (χ1) is 8.54. The molecule has 1 atom stereocenters. The summed E-state index contributed by atoms with van der Waals surface area (Å²) in [5.74, 6) is 1.11. The molecule has 0 fully saturated rings. The topological polar surface area (TPSA) is 32.3 Å². The fourth-order valence-electron chi connectivity index (χ4n) is 2.22. The molecule has 4 heteroatoms. The van der Waals surface area contributed by atoms with Crippen LogP contribution in [0.1, 0.15) is 18.1 Å². The van der Waals surface area contributed by atoms with E-state index in [-0.39, 0.29) is 11.9 Å². The Morgan fingerprint density at radius 1 is 1.44 bits per heavy atom. The van der Waals surface area contributed by atoms with Gasteiger partial charge in [-0.1, -0.05) is 0 Å². The van der Waals surface area contributed by atoms with E-state index >= 15 is 0 Å². The monoisotopic (exact) mass is 264 g/mol. The summed E-state index contributed by atoms with van der Waals surface area (Å²) in [6.45, 7) is 6.72. The highest BCUT2D eigenvalue weighted by atomic mass is 32.2. The van der Waals surface area contributed by atoms with Crippen LogP contribution < -0.4 is 10.2 Å². The van der Waals surface area contributed by atoms with Crippen molar-refractivity contribution in [2.45, 2.75) is 31.7 Å². The highest BCUT2D eigenvalue weighted by molar-refractivity contribution is 7.99. The predicted molar refractivity (Wildman–Crippen MR) is 77.5 cm³/mol. The Morgan fingerprint density at radius 3 is 2.78 bits per heavy atom. The Kier molecular flexibility index (Phi) is 3.97. The van der Waals surface area contributed by atoms with Crippen LogP contribution in [-0.4, -0.2) is 31.3 Å². The lowest BCUT2D eigenvalue weighted by molar-refractivity contribution is -0.118. The molecule has 0 spiro atoms. The Morgan fingerprint density at radius 2 is 2.11 bits per heavy atom. The lowest BCUT2D eigenvalue weighted by atomic mass is 10.1. The molecule has 3 nitrogen and oxygen atoms in total. The minimum absolute atomic E-state index is 0.148. The van der Waals surface area contributed by atoms with E-state index in [1.807, 2.05) is 23.7 Å². The van der Waals surface area contributed by atoms with Crippen molar-refractivity contribution >= 4 is 23.4 Å². The van der Waals surface area contributed by atoms with E-state index in [0.29, 0.717) is 6.54 Å². The minimum Gasteiger partial charge on any atom is -0.311 e. The summed E-state index contributed by atoms with van der Waals surface area (Å²) in [4.78, 5) is 15.4. The van der Waals surface area contributed by atoms with Crippen LogP contribution in [0.5, 0.6) is 0 Å².